The molecule has 0 aliphatic heterocycles. The third-order valence-corrected chi connectivity index (χ3v) is 2.40. The molecule has 0 spiro atoms. The molecule has 1 unspecified atom stereocenters. The van der Waals surface area contributed by atoms with Gasteiger partial charge in [0.2, 0.25) is 5.91 Å². The lowest BCUT2D eigenvalue weighted by Crippen LogP contribution is -2.45. The fourth-order valence-corrected chi connectivity index (χ4v) is 1.41. The van der Waals surface area contributed by atoms with Crippen LogP contribution in [-0.4, -0.2) is 34.4 Å². The molecule has 0 aliphatic carbocycles. The summed E-state index contributed by atoms with van der Waals surface area (Å²) >= 11 is 0. The van der Waals surface area contributed by atoms with Gasteiger partial charge >= 0.3 is 0 Å². The van der Waals surface area contributed by atoms with E-state index in [9.17, 15) is 4.79 Å². The number of rotatable bonds is 5. The van der Waals surface area contributed by atoms with Crippen molar-refractivity contribution in [2.45, 2.75) is 40.7 Å². The van der Waals surface area contributed by atoms with E-state index in [-0.39, 0.29) is 17.8 Å². The number of carbonyl (C=O) groups is 1. The second-order valence-electron chi connectivity index (χ2n) is 4.72. The number of carbonyl (C=O) groups excluding carboxylic acids is 1. The lowest BCUT2D eigenvalue weighted by Gasteiger charge is -2.30. The van der Waals surface area contributed by atoms with Gasteiger partial charge in [-0.05, 0) is 26.7 Å². The first-order valence-electron chi connectivity index (χ1n) is 5.59. The predicted molar refractivity (Wildman–Crippen MR) is 64.3 cm³/mol. The molecule has 0 fully saturated rings. The standard InChI is InChI=1S/C11H23N3O2/c1-7(2)6-14(8(3)4)11(15)9(5)10(12)13-16/h7-9,16H,6H2,1-5H3,(H2,12,13). The molecule has 0 aromatic rings. The first kappa shape index (κ1) is 14.7. The first-order valence-corrected chi connectivity index (χ1v) is 5.59. The molecule has 1 amide bonds. The minimum absolute atomic E-state index is 0.0422. The van der Waals surface area contributed by atoms with Crippen LogP contribution in [0.2, 0.25) is 0 Å². The van der Waals surface area contributed by atoms with Crippen LogP contribution in [0.5, 0.6) is 0 Å². The molecule has 5 nitrogen and oxygen atoms in total. The fourth-order valence-electron chi connectivity index (χ4n) is 1.41. The second kappa shape index (κ2) is 6.35. The Labute approximate surface area is 97.3 Å². The molecule has 3 N–H and O–H groups in total. The minimum Gasteiger partial charge on any atom is -0.409 e. The van der Waals surface area contributed by atoms with E-state index in [0.29, 0.717) is 12.5 Å². The Morgan fingerprint density at radius 2 is 1.81 bits per heavy atom. The van der Waals surface area contributed by atoms with E-state index in [1.165, 1.54) is 0 Å². The smallest absolute Gasteiger partial charge is 0.233 e. The second-order valence-corrected chi connectivity index (χ2v) is 4.72. The molecular formula is C11H23N3O2. The van der Waals surface area contributed by atoms with Crippen molar-refractivity contribution < 1.29 is 10.0 Å². The number of amidine groups is 1. The number of nitrogens with zero attached hydrogens (tertiary/aromatic N) is 2. The summed E-state index contributed by atoms with van der Waals surface area (Å²) in [6.45, 7) is 10.3. The molecule has 16 heavy (non-hydrogen) atoms. The Hall–Kier alpha value is -1.26. The number of hydrogen-bond donors (Lipinski definition) is 2. The minimum atomic E-state index is -0.578. The molecule has 0 aromatic heterocycles. The maximum Gasteiger partial charge on any atom is 0.233 e. The summed E-state index contributed by atoms with van der Waals surface area (Å²) < 4.78 is 0. The molecule has 5 heteroatoms. The number of oxime groups is 1. The van der Waals surface area contributed by atoms with Gasteiger partial charge < -0.3 is 15.8 Å². The average molecular weight is 229 g/mol. The zero-order valence-electron chi connectivity index (χ0n) is 10.8. The van der Waals surface area contributed by atoms with Crippen LogP contribution in [-0.2, 0) is 4.79 Å². The van der Waals surface area contributed by atoms with Crippen LogP contribution in [0.3, 0.4) is 0 Å². The van der Waals surface area contributed by atoms with Crippen LogP contribution >= 0.6 is 0 Å². The van der Waals surface area contributed by atoms with Gasteiger partial charge in [-0.25, -0.2) is 0 Å². The van der Waals surface area contributed by atoms with Crippen LogP contribution in [0.15, 0.2) is 5.16 Å². The maximum absolute atomic E-state index is 12.1. The lowest BCUT2D eigenvalue weighted by molar-refractivity contribution is -0.135. The highest BCUT2D eigenvalue weighted by molar-refractivity contribution is 6.01. The molecule has 0 rings (SSSR count). The lowest BCUT2D eigenvalue weighted by atomic mass is 10.1. The molecule has 0 heterocycles. The molecular weight excluding hydrogens is 206 g/mol. The van der Waals surface area contributed by atoms with Gasteiger partial charge in [-0.2, -0.15) is 0 Å². The molecule has 0 aliphatic rings. The highest BCUT2D eigenvalue weighted by Gasteiger charge is 2.26. The summed E-state index contributed by atoms with van der Waals surface area (Å²) in [5.41, 5.74) is 5.44. The van der Waals surface area contributed by atoms with Crippen molar-refractivity contribution in [3.05, 3.63) is 0 Å². The summed E-state index contributed by atoms with van der Waals surface area (Å²) in [5, 5.41) is 11.4. The van der Waals surface area contributed by atoms with Gasteiger partial charge in [-0.3, -0.25) is 4.79 Å². The summed E-state index contributed by atoms with van der Waals surface area (Å²) in [7, 11) is 0. The van der Waals surface area contributed by atoms with Crippen molar-refractivity contribution in [3.8, 4) is 0 Å². The van der Waals surface area contributed by atoms with Gasteiger partial charge in [0.1, 0.15) is 0 Å². The van der Waals surface area contributed by atoms with Gasteiger partial charge in [0.05, 0.1) is 5.92 Å². The van der Waals surface area contributed by atoms with E-state index in [0.717, 1.165) is 0 Å². The van der Waals surface area contributed by atoms with Gasteiger partial charge in [0.25, 0.3) is 0 Å². The topological polar surface area (TPSA) is 78.9 Å². The van der Waals surface area contributed by atoms with Crippen LogP contribution < -0.4 is 5.73 Å². The Kier molecular flexibility index (Phi) is 5.85. The molecule has 0 aromatic carbocycles. The van der Waals surface area contributed by atoms with Crippen LogP contribution in [0.25, 0.3) is 0 Å². The van der Waals surface area contributed by atoms with Gasteiger partial charge in [0, 0.05) is 12.6 Å². The van der Waals surface area contributed by atoms with Gasteiger partial charge in [-0.1, -0.05) is 19.0 Å². The van der Waals surface area contributed by atoms with Crippen molar-refractivity contribution >= 4 is 11.7 Å². The maximum atomic E-state index is 12.1. The van der Waals surface area contributed by atoms with Crippen molar-refractivity contribution in [1.82, 2.24) is 4.90 Å². The molecule has 1 atom stereocenters. The monoisotopic (exact) mass is 229 g/mol. The molecule has 0 saturated heterocycles. The van der Waals surface area contributed by atoms with Gasteiger partial charge in [0.15, 0.2) is 5.84 Å². The largest absolute Gasteiger partial charge is 0.409 e. The van der Waals surface area contributed by atoms with Crippen LogP contribution in [0.1, 0.15) is 34.6 Å². The molecule has 0 radical (unpaired) electrons. The van der Waals surface area contributed by atoms with E-state index in [1.54, 1.807) is 11.8 Å². The SMILES string of the molecule is CC(C)CN(C(=O)C(C)C(N)=NO)C(C)C. The normalized spacial score (nSPS) is 14.3. The number of hydrogen-bond acceptors (Lipinski definition) is 3. The van der Waals surface area contributed by atoms with Crippen molar-refractivity contribution in [1.29, 1.82) is 0 Å². The number of amides is 1. The Bertz CT molecular complexity index is 262. The molecule has 0 bridgehead atoms. The van der Waals surface area contributed by atoms with E-state index in [4.69, 9.17) is 10.9 Å². The van der Waals surface area contributed by atoms with E-state index >= 15 is 0 Å². The summed E-state index contributed by atoms with van der Waals surface area (Å²) in [5.74, 6) is -0.324. The van der Waals surface area contributed by atoms with Gasteiger partial charge in [-0.15, -0.1) is 0 Å². The van der Waals surface area contributed by atoms with Crippen molar-refractivity contribution in [2.75, 3.05) is 6.54 Å². The third-order valence-electron chi connectivity index (χ3n) is 2.40. The molecule has 0 saturated carbocycles. The third kappa shape index (κ3) is 4.08. The predicted octanol–water partition coefficient (Wildman–Crippen LogP) is 1.26. The van der Waals surface area contributed by atoms with E-state index in [2.05, 4.69) is 19.0 Å². The van der Waals surface area contributed by atoms with Crippen LogP contribution in [0, 0.1) is 11.8 Å². The Balaban J connectivity index is 4.74. The molecule has 94 valence electrons. The first-order chi connectivity index (χ1) is 7.31. The van der Waals surface area contributed by atoms with Crippen molar-refractivity contribution in [3.63, 3.8) is 0 Å². The highest BCUT2D eigenvalue weighted by Crippen LogP contribution is 2.10. The average Bonchev–Trinajstić information content (AvgIpc) is 2.22. The summed E-state index contributed by atoms with van der Waals surface area (Å²) in [6.07, 6.45) is 0. The zero-order valence-corrected chi connectivity index (χ0v) is 10.8. The van der Waals surface area contributed by atoms with Crippen LogP contribution in [0.4, 0.5) is 0 Å². The highest BCUT2D eigenvalue weighted by atomic mass is 16.4. The summed E-state index contributed by atoms with van der Waals surface area (Å²) in [6, 6.07) is 0.115. The quantitative estimate of drug-likeness (QED) is 0.322. The zero-order chi connectivity index (χ0) is 12.9. The number of nitrogens with two attached hydrogens (primary N) is 1. The Morgan fingerprint density at radius 1 is 1.31 bits per heavy atom. The Morgan fingerprint density at radius 3 is 2.12 bits per heavy atom. The van der Waals surface area contributed by atoms with Crippen molar-refractivity contribution in [2.24, 2.45) is 22.7 Å². The van der Waals surface area contributed by atoms with E-state index in [1.807, 2.05) is 13.8 Å². The van der Waals surface area contributed by atoms with E-state index < -0.39 is 5.92 Å². The fraction of sp³-hybridized carbons (Fsp3) is 0.818. The summed E-state index contributed by atoms with van der Waals surface area (Å²) in [4.78, 5) is 13.8.